The summed E-state index contributed by atoms with van der Waals surface area (Å²) in [6.07, 6.45) is 6.28. The molecule has 4 aromatic rings. The summed E-state index contributed by atoms with van der Waals surface area (Å²) in [4.78, 5) is 10.3. The predicted molar refractivity (Wildman–Crippen MR) is 120 cm³/mol. The lowest BCUT2D eigenvalue weighted by Gasteiger charge is -2.24. The van der Waals surface area contributed by atoms with Gasteiger partial charge in [0.2, 0.25) is 5.95 Å². The van der Waals surface area contributed by atoms with E-state index in [0.29, 0.717) is 12.0 Å². The largest absolute Gasteiger partial charge is 0.368 e. The molecule has 1 fully saturated rings. The van der Waals surface area contributed by atoms with Crippen LogP contribution in [0.1, 0.15) is 37.7 Å². The van der Waals surface area contributed by atoms with Crippen molar-refractivity contribution in [2.75, 3.05) is 11.1 Å². The molecule has 4 nitrogen and oxygen atoms in total. The molecule has 5 heteroatoms. The smallest absolute Gasteiger partial charge is 0.222 e. The van der Waals surface area contributed by atoms with Gasteiger partial charge in [0.25, 0.3) is 0 Å². The molecule has 5 rings (SSSR count). The first kappa shape index (κ1) is 17.4. The Balaban J connectivity index is 1.58. The second-order valence-corrected chi connectivity index (χ2v) is 8.88. The van der Waals surface area contributed by atoms with Gasteiger partial charge in [-0.05, 0) is 55.0 Å². The Bertz CT molecular complexity index is 1160. The Kier molecular flexibility index (Phi) is 4.40. The topological polar surface area (TPSA) is 63.8 Å². The number of rotatable bonds is 3. The number of nitrogens with two attached hydrogens (primary N) is 1. The van der Waals surface area contributed by atoms with E-state index in [4.69, 9.17) is 5.73 Å². The molecule has 1 aliphatic rings. The Morgan fingerprint density at radius 1 is 1.00 bits per heavy atom. The maximum Gasteiger partial charge on any atom is 0.222 e. The first-order valence-electron chi connectivity index (χ1n) is 10.00. The molecule has 1 aliphatic carbocycles. The number of nitrogens with zero attached hydrogens (tertiary/aromatic N) is 2. The summed E-state index contributed by atoms with van der Waals surface area (Å²) in [6.45, 7) is 2.14. The van der Waals surface area contributed by atoms with Crippen LogP contribution in [0, 0.1) is 6.92 Å². The van der Waals surface area contributed by atoms with Crippen molar-refractivity contribution in [3.05, 3.63) is 48.0 Å². The molecule has 0 atom stereocenters. The minimum atomic E-state index is 0.330. The second kappa shape index (κ2) is 7.06. The van der Waals surface area contributed by atoms with E-state index in [1.807, 2.05) is 11.3 Å². The van der Waals surface area contributed by atoms with Gasteiger partial charge in [0.05, 0.1) is 5.52 Å². The molecule has 0 bridgehead atoms. The number of hydrogen-bond acceptors (Lipinski definition) is 5. The highest BCUT2D eigenvalue weighted by atomic mass is 32.1. The second-order valence-electron chi connectivity index (χ2n) is 7.79. The van der Waals surface area contributed by atoms with Crippen molar-refractivity contribution in [1.82, 2.24) is 9.97 Å². The fourth-order valence-corrected chi connectivity index (χ4v) is 5.19. The van der Waals surface area contributed by atoms with Gasteiger partial charge < -0.3 is 11.1 Å². The highest BCUT2D eigenvalue weighted by Crippen LogP contribution is 2.36. The summed E-state index contributed by atoms with van der Waals surface area (Å²) in [5, 5.41) is 6.00. The van der Waals surface area contributed by atoms with Crippen LogP contribution in [-0.4, -0.2) is 16.0 Å². The summed E-state index contributed by atoms with van der Waals surface area (Å²) in [6, 6.07) is 15.8. The summed E-state index contributed by atoms with van der Waals surface area (Å²) in [5.41, 5.74) is 9.37. The zero-order valence-electron chi connectivity index (χ0n) is 16.0. The number of fused-ring (bicyclic) bond motifs is 2. The van der Waals surface area contributed by atoms with Crippen LogP contribution in [0.25, 0.3) is 31.4 Å². The number of thiophene rings is 1. The molecule has 2 heterocycles. The predicted octanol–water partition coefficient (Wildman–Crippen LogP) is 6.15. The summed E-state index contributed by atoms with van der Waals surface area (Å²) < 4.78 is 1.31. The van der Waals surface area contributed by atoms with Crippen molar-refractivity contribution in [1.29, 1.82) is 0 Å². The van der Waals surface area contributed by atoms with Crippen molar-refractivity contribution in [3.8, 4) is 10.4 Å². The molecule has 3 N–H and O–H groups in total. The SMILES string of the molecule is Cc1ccc2sc(-c3ccc4nc(N)nc(NC5CCCCC5)c4c3)cc2c1. The van der Waals surface area contributed by atoms with E-state index in [9.17, 15) is 0 Å². The molecule has 2 aromatic carbocycles. The van der Waals surface area contributed by atoms with Crippen LogP contribution in [0.5, 0.6) is 0 Å². The number of nitrogens with one attached hydrogen (secondary N) is 1. The van der Waals surface area contributed by atoms with E-state index >= 15 is 0 Å². The van der Waals surface area contributed by atoms with Gasteiger partial charge in [-0.15, -0.1) is 11.3 Å². The van der Waals surface area contributed by atoms with Crippen LogP contribution in [-0.2, 0) is 0 Å². The molecule has 0 spiro atoms. The number of hydrogen-bond donors (Lipinski definition) is 2. The van der Waals surface area contributed by atoms with Gasteiger partial charge in [0, 0.05) is 21.0 Å². The third-order valence-electron chi connectivity index (χ3n) is 5.62. The highest BCUT2D eigenvalue weighted by molar-refractivity contribution is 7.22. The van der Waals surface area contributed by atoms with E-state index in [1.54, 1.807) is 0 Å². The molecule has 0 unspecified atom stereocenters. The van der Waals surface area contributed by atoms with Gasteiger partial charge in [0.15, 0.2) is 0 Å². The molecule has 28 heavy (non-hydrogen) atoms. The van der Waals surface area contributed by atoms with Gasteiger partial charge in [-0.25, -0.2) is 4.98 Å². The van der Waals surface area contributed by atoms with Crippen LogP contribution < -0.4 is 11.1 Å². The fraction of sp³-hybridized carbons (Fsp3) is 0.304. The van der Waals surface area contributed by atoms with E-state index < -0.39 is 0 Å². The molecule has 0 aliphatic heterocycles. The van der Waals surface area contributed by atoms with Gasteiger partial charge >= 0.3 is 0 Å². The normalized spacial score (nSPS) is 15.3. The zero-order chi connectivity index (χ0) is 19.1. The van der Waals surface area contributed by atoms with Crippen molar-refractivity contribution in [3.63, 3.8) is 0 Å². The van der Waals surface area contributed by atoms with E-state index in [0.717, 1.165) is 16.7 Å². The summed E-state index contributed by atoms with van der Waals surface area (Å²) in [5.74, 6) is 1.20. The molecule has 1 saturated carbocycles. The Morgan fingerprint density at radius 3 is 2.71 bits per heavy atom. The first-order chi connectivity index (χ1) is 13.7. The average Bonchev–Trinajstić information content (AvgIpc) is 3.11. The molecular weight excluding hydrogens is 364 g/mol. The van der Waals surface area contributed by atoms with E-state index in [-0.39, 0.29) is 0 Å². The standard InChI is InChI=1S/C23H24N4S/c1-14-7-10-20-16(11-14)13-21(28-20)15-8-9-19-18(12-15)22(27-23(24)26-19)25-17-5-3-2-4-6-17/h7-13,17H,2-6H2,1H3,(H3,24,25,26,27). The number of benzene rings is 2. The van der Waals surface area contributed by atoms with Crippen LogP contribution in [0.3, 0.4) is 0 Å². The monoisotopic (exact) mass is 388 g/mol. The Labute approximate surface area is 168 Å². The first-order valence-corrected chi connectivity index (χ1v) is 10.8. The molecule has 0 radical (unpaired) electrons. The Hall–Kier alpha value is -2.66. The lowest BCUT2D eigenvalue weighted by molar-refractivity contribution is 0.462. The molecule has 142 valence electrons. The lowest BCUT2D eigenvalue weighted by atomic mass is 9.95. The summed E-state index contributed by atoms with van der Waals surface area (Å²) >= 11 is 1.83. The number of anilines is 2. The van der Waals surface area contributed by atoms with Crippen molar-refractivity contribution >= 4 is 44.1 Å². The van der Waals surface area contributed by atoms with Crippen LogP contribution >= 0.6 is 11.3 Å². The minimum absolute atomic E-state index is 0.330. The van der Waals surface area contributed by atoms with Gasteiger partial charge in [-0.3, -0.25) is 0 Å². The van der Waals surface area contributed by atoms with Gasteiger partial charge in [0.1, 0.15) is 5.82 Å². The lowest BCUT2D eigenvalue weighted by Crippen LogP contribution is -2.23. The minimum Gasteiger partial charge on any atom is -0.368 e. The maximum absolute atomic E-state index is 5.98. The molecular formula is C23H24N4S. The van der Waals surface area contributed by atoms with Crippen molar-refractivity contribution in [2.24, 2.45) is 0 Å². The van der Waals surface area contributed by atoms with E-state index in [2.05, 4.69) is 64.7 Å². The average molecular weight is 389 g/mol. The van der Waals surface area contributed by atoms with Crippen molar-refractivity contribution in [2.45, 2.75) is 45.1 Å². The van der Waals surface area contributed by atoms with E-state index in [1.165, 1.54) is 58.2 Å². The Morgan fingerprint density at radius 2 is 1.86 bits per heavy atom. The molecule has 2 aromatic heterocycles. The van der Waals surface area contributed by atoms with Crippen LogP contribution in [0.2, 0.25) is 0 Å². The quantitative estimate of drug-likeness (QED) is 0.442. The third kappa shape index (κ3) is 3.31. The van der Waals surface area contributed by atoms with Gasteiger partial charge in [-0.2, -0.15) is 4.98 Å². The van der Waals surface area contributed by atoms with Crippen LogP contribution in [0.4, 0.5) is 11.8 Å². The van der Waals surface area contributed by atoms with Gasteiger partial charge in [-0.1, -0.05) is 43.0 Å². The molecule has 0 amide bonds. The number of aromatic nitrogens is 2. The van der Waals surface area contributed by atoms with Crippen LogP contribution in [0.15, 0.2) is 42.5 Å². The maximum atomic E-state index is 5.98. The molecule has 0 saturated heterocycles. The fourth-order valence-electron chi connectivity index (χ4n) is 4.16. The highest BCUT2D eigenvalue weighted by Gasteiger charge is 2.16. The zero-order valence-corrected chi connectivity index (χ0v) is 16.9. The number of nitrogen functional groups attached to an aromatic ring is 1. The number of aryl methyl sites for hydroxylation is 1. The third-order valence-corrected chi connectivity index (χ3v) is 6.78. The van der Waals surface area contributed by atoms with Crippen molar-refractivity contribution < 1.29 is 0 Å². The summed E-state index contributed by atoms with van der Waals surface area (Å²) in [7, 11) is 0.